The second kappa shape index (κ2) is 7.54. The number of nitrogens with one attached hydrogen (secondary N) is 1. The summed E-state index contributed by atoms with van der Waals surface area (Å²) in [5.74, 6) is 0.743. The van der Waals surface area contributed by atoms with Gasteiger partial charge in [-0.25, -0.2) is 0 Å². The van der Waals surface area contributed by atoms with E-state index in [1.807, 2.05) is 25.1 Å². The van der Waals surface area contributed by atoms with Crippen LogP contribution in [-0.2, 0) is 4.74 Å². The van der Waals surface area contributed by atoms with Crippen LogP contribution in [0.4, 0.5) is 0 Å². The van der Waals surface area contributed by atoms with Crippen LogP contribution in [0.2, 0.25) is 5.02 Å². The summed E-state index contributed by atoms with van der Waals surface area (Å²) in [7, 11) is 1.70. The van der Waals surface area contributed by atoms with Crippen molar-refractivity contribution in [3.63, 3.8) is 0 Å². The van der Waals surface area contributed by atoms with Crippen LogP contribution in [0.3, 0.4) is 0 Å². The summed E-state index contributed by atoms with van der Waals surface area (Å²) in [5, 5.41) is 3.95. The Morgan fingerprint density at radius 3 is 2.88 bits per heavy atom. The highest BCUT2D eigenvalue weighted by molar-refractivity contribution is 6.32. The van der Waals surface area contributed by atoms with Gasteiger partial charge < -0.3 is 14.8 Å². The third kappa shape index (κ3) is 5.39. The molecular weight excluding hydrogens is 238 g/mol. The zero-order chi connectivity index (χ0) is 12.7. The molecule has 1 aromatic rings. The van der Waals surface area contributed by atoms with Crippen molar-refractivity contribution in [2.75, 3.05) is 26.9 Å². The summed E-state index contributed by atoms with van der Waals surface area (Å²) in [6.07, 6.45) is 0. The molecule has 0 spiro atoms. The SMILES string of the molecule is COCC(C)NCCOc1cc(C)ccc1Cl. The van der Waals surface area contributed by atoms with Gasteiger partial charge in [0.2, 0.25) is 0 Å². The molecule has 1 aromatic carbocycles. The summed E-state index contributed by atoms with van der Waals surface area (Å²) in [5.41, 5.74) is 1.14. The molecule has 0 saturated carbocycles. The molecule has 0 fully saturated rings. The molecule has 1 unspecified atom stereocenters. The third-order valence-corrected chi connectivity index (χ3v) is 2.67. The molecule has 17 heavy (non-hydrogen) atoms. The van der Waals surface area contributed by atoms with Crippen molar-refractivity contribution in [1.82, 2.24) is 5.32 Å². The number of benzene rings is 1. The fourth-order valence-corrected chi connectivity index (χ4v) is 1.67. The van der Waals surface area contributed by atoms with E-state index in [0.717, 1.165) is 17.9 Å². The quantitative estimate of drug-likeness (QED) is 0.762. The lowest BCUT2D eigenvalue weighted by Gasteiger charge is -2.13. The number of methoxy groups -OCH3 is 1. The van der Waals surface area contributed by atoms with E-state index in [4.69, 9.17) is 21.1 Å². The zero-order valence-corrected chi connectivity index (χ0v) is 11.4. The minimum absolute atomic E-state index is 0.330. The van der Waals surface area contributed by atoms with Crippen LogP contribution in [0.1, 0.15) is 12.5 Å². The van der Waals surface area contributed by atoms with Crippen molar-refractivity contribution >= 4 is 11.6 Å². The van der Waals surface area contributed by atoms with Gasteiger partial charge in [0.05, 0.1) is 11.6 Å². The topological polar surface area (TPSA) is 30.5 Å². The smallest absolute Gasteiger partial charge is 0.138 e. The highest BCUT2D eigenvalue weighted by Crippen LogP contribution is 2.24. The van der Waals surface area contributed by atoms with Crippen molar-refractivity contribution in [2.24, 2.45) is 0 Å². The first kappa shape index (κ1) is 14.3. The van der Waals surface area contributed by atoms with Crippen molar-refractivity contribution in [3.05, 3.63) is 28.8 Å². The molecule has 0 radical (unpaired) electrons. The van der Waals surface area contributed by atoms with Crippen LogP contribution < -0.4 is 10.1 Å². The molecule has 0 aliphatic heterocycles. The standard InChI is InChI=1S/C13H20ClNO2/c1-10-4-5-12(14)13(8-10)17-7-6-15-11(2)9-16-3/h4-5,8,11,15H,6-7,9H2,1-3H3. The molecule has 0 aliphatic carbocycles. The van der Waals surface area contributed by atoms with Gasteiger partial charge in [-0.2, -0.15) is 0 Å². The Morgan fingerprint density at radius 2 is 2.18 bits per heavy atom. The molecule has 0 heterocycles. The Morgan fingerprint density at radius 1 is 1.41 bits per heavy atom. The summed E-state index contributed by atoms with van der Waals surface area (Å²) in [4.78, 5) is 0. The van der Waals surface area contributed by atoms with E-state index in [1.54, 1.807) is 7.11 Å². The molecule has 0 bridgehead atoms. The molecule has 3 nitrogen and oxygen atoms in total. The number of hydrogen-bond acceptors (Lipinski definition) is 3. The van der Waals surface area contributed by atoms with Crippen molar-refractivity contribution in [1.29, 1.82) is 0 Å². The first-order valence-corrected chi connectivity index (χ1v) is 6.12. The molecule has 1 N–H and O–H groups in total. The highest BCUT2D eigenvalue weighted by atomic mass is 35.5. The predicted molar refractivity (Wildman–Crippen MR) is 71.0 cm³/mol. The Labute approximate surface area is 108 Å². The van der Waals surface area contributed by atoms with Gasteiger partial charge in [-0.1, -0.05) is 17.7 Å². The van der Waals surface area contributed by atoms with Crippen LogP contribution in [0.15, 0.2) is 18.2 Å². The monoisotopic (exact) mass is 257 g/mol. The average Bonchev–Trinajstić information content (AvgIpc) is 2.29. The van der Waals surface area contributed by atoms with Crippen LogP contribution in [0.25, 0.3) is 0 Å². The number of rotatable bonds is 7. The second-order valence-corrected chi connectivity index (χ2v) is 4.50. The van der Waals surface area contributed by atoms with Gasteiger partial charge >= 0.3 is 0 Å². The first-order valence-electron chi connectivity index (χ1n) is 5.74. The summed E-state index contributed by atoms with van der Waals surface area (Å²) in [6.45, 7) is 6.16. The van der Waals surface area contributed by atoms with Crippen molar-refractivity contribution in [3.8, 4) is 5.75 Å². The number of ether oxygens (including phenoxy) is 2. The minimum Gasteiger partial charge on any atom is -0.491 e. The van der Waals surface area contributed by atoms with Crippen LogP contribution in [0.5, 0.6) is 5.75 Å². The maximum Gasteiger partial charge on any atom is 0.138 e. The lowest BCUT2D eigenvalue weighted by Crippen LogP contribution is -2.33. The molecule has 1 rings (SSSR count). The Balaban J connectivity index is 2.28. The second-order valence-electron chi connectivity index (χ2n) is 4.09. The maximum absolute atomic E-state index is 6.02. The molecule has 4 heteroatoms. The molecule has 1 atom stereocenters. The van der Waals surface area contributed by atoms with Crippen molar-refractivity contribution < 1.29 is 9.47 Å². The van der Waals surface area contributed by atoms with E-state index in [0.29, 0.717) is 24.3 Å². The van der Waals surface area contributed by atoms with Gasteiger partial charge in [0.1, 0.15) is 12.4 Å². The Bertz CT molecular complexity index is 344. The Kier molecular flexibility index (Phi) is 6.34. The lowest BCUT2D eigenvalue weighted by molar-refractivity contribution is 0.169. The summed E-state index contributed by atoms with van der Waals surface area (Å²) < 4.78 is 10.6. The summed E-state index contributed by atoms with van der Waals surface area (Å²) in [6, 6.07) is 6.10. The van der Waals surface area contributed by atoms with E-state index >= 15 is 0 Å². The average molecular weight is 258 g/mol. The Hall–Kier alpha value is -0.770. The van der Waals surface area contributed by atoms with Gasteiger partial charge in [-0.15, -0.1) is 0 Å². The molecular formula is C13H20ClNO2. The van der Waals surface area contributed by atoms with Gasteiger partial charge in [0.15, 0.2) is 0 Å². The van der Waals surface area contributed by atoms with Gasteiger partial charge in [-0.05, 0) is 31.5 Å². The molecule has 0 aliphatic rings. The highest BCUT2D eigenvalue weighted by Gasteiger charge is 2.02. The van der Waals surface area contributed by atoms with Gasteiger partial charge in [-0.3, -0.25) is 0 Å². The molecule has 0 aromatic heterocycles. The lowest BCUT2D eigenvalue weighted by atomic mass is 10.2. The van der Waals surface area contributed by atoms with Crippen LogP contribution in [-0.4, -0.2) is 32.9 Å². The van der Waals surface area contributed by atoms with Crippen LogP contribution in [0, 0.1) is 6.92 Å². The molecule has 0 saturated heterocycles. The van der Waals surface area contributed by atoms with E-state index in [-0.39, 0.29) is 0 Å². The van der Waals surface area contributed by atoms with E-state index in [1.165, 1.54) is 0 Å². The van der Waals surface area contributed by atoms with Crippen molar-refractivity contribution in [2.45, 2.75) is 19.9 Å². The fraction of sp³-hybridized carbons (Fsp3) is 0.538. The summed E-state index contributed by atoms with van der Waals surface area (Å²) >= 11 is 6.02. The molecule has 0 amide bonds. The van der Waals surface area contributed by atoms with Crippen LogP contribution >= 0.6 is 11.6 Å². The number of halogens is 1. The largest absolute Gasteiger partial charge is 0.491 e. The zero-order valence-electron chi connectivity index (χ0n) is 10.6. The minimum atomic E-state index is 0.330. The van der Waals surface area contributed by atoms with E-state index in [2.05, 4.69) is 12.2 Å². The fourth-order valence-electron chi connectivity index (χ4n) is 1.50. The number of aryl methyl sites for hydroxylation is 1. The van der Waals surface area contributed by atoms with E-state index < -0.39 is 0 Å². The number of hydrogen-bond donors (Lipinski definition) is 1. The normalized spacial score (nSPS) is 12.5. The van der Waals surface area contributed by atoms with Gasteiger partial charge in [0.25, 0.3) is 0 Å². The maximum atomic E-state index is 6.02. The predicted octanol–water partition coefficient (Wildman–Crippen LogP) is 2.65. The first-order chi connectivity index (χ1) is 8.13. The molecule has 96 valence electrons. The third-order valence-electron chi connectivity index (χ3n) is 2.36. The van der Waals surface area contributed by atoms with E-state index in [9.17, 15) is 0 Å². The van der Waals surface area contributed by atoms with Gasteiger partial charge in [0, 0.05) is 19.7 Å².